The molecule has 0 unspecified atom stereocenters. The van der Waals surface area contributed by atoms with Gasteiger partial charge in [0, 0.05) is 113 Å². The monoisotopic (exact) mass is 1650 g/mol. The Hall–Kier alpha value is -12.0. The summed E-state index contributed by atoms with van der Waals surface area (Å²) in [5.74, 6) is 0.471. The summed E-state index contributed by atoms with van der Waals surface area (Å²) in [5, 5.41) is 96.9. The third-order valence-electron chi connectivity index (χ3n) is 25.2. The minimum atomic E-state index is -0.328. The molecule has 4 atom stereocenters. The zero-order chi connectivity index (χ0) is 84.1. The molecule has 0 radical (unpaired) electrons. The molecule has 16 aromatic heterocycles. The van der Waals surface area contributed by atoms with Crippen LogP contribution in [0.5, 0.6) is 0 Å². The number of aromatic nitrogens is 28. The normalized spacial score (nSPS) is 19.0. The smallest absolute Gasteiger partial charge is 0.0999 e. The summed E-state index contributed by atoms with van der Waals surface area (Å²) in [7, 11) is 0. The summed E-state index contributed by atoms with van der Waals surface area (Å²) < 4.78 is 23.2. The van der Waals surface area contributed by atoms with Gasteiger partial charge in [0.1, 0.15) is 0 Å². The maximum Gasteiger partial charge on any atom is 0.0999 e. The zero-order valence-corrected chi connectivity index (χ0v) is 70.8. The number of rotatable bonds is 28. The lowest BCUT2D eigenvalue weighted by atomic mass is 9.81. The fourth-order valence-corrected chi connectivity index (χ4v) is 17.7. The van der Waals surface area contributed by atoms with Gasteiger partial charge in [0.05, 0.1) is 234 Å². The molecule has 0 bridgehead atoms. The van der Waals surface area contributed by atoms with Crippen molar-refractivity contribution in [3.8, 4) is 90.1 Å². The zero-order valence-electron chi connectivity index (χ0n) is 70.8. The van der Waals surface area contributed by atoms with Crippen molar-refractivity contribution in [3.63, 3.8) is 0 Å². The lowest BCUT2D eigenvalue weighted by molar-refractivity contribution is 0.0434. The molecule has 33 nitrogen and oxygen atoms in total. The Bertz CT molecular complexity index is 5920. The van der Waals surface area contributed by atoms with Crippen LogP contribution < -0.4 is 5.32 Å². The van der Waals surface area contributed by atoms with Crippen LogP contribution in [-0.4, -0.2) is 195 Å². The van der Waals surface area contributed by atoms with Gasteiger partial charge < -0.3 is 25.7 Å². The molecule has 20 rings (SSSR count). The van der Waals surface area contributed by atoms with Crippen molar-refractivity contribution in [2.75, 3.05) is 13.2 Å². The Balaban J connectivity index is 0.000000116. The van der Waals surface area contributed by atoms with Gasteiger partial charge >= 0.3 is 0 Å². The lowest BCUT2D eigenvalue weighted by Crippen LogP contribution is -2.43. The molecule has 4 saturated carbocycles. The molecule has 0 spiro atoms. The van der Waals surface area contributed by atoms with Crippen LogP contribution >= 0.6 is 0 Å². The highest BCUT2D eigenvalue weighted by Gasteiger charge is 2.33. The summed E-state index contributed by atoms with van der Waals surface area (Å²) in [4.78, 5) is 19.9. The standard InChI is InChI=1S/C24H32N8O.2C22H27N7O.C21H25N7O/c1-3-21(4-2)31-14-19(12-28-31)24-23-5-6-26-32(23)15-22(29-24)18-11-27-30(13-18)8-7-25-20-9-17(10-20)16-33;2*1-3-17(4-2)27-13-16(11-24-27)22-20-8-9-23-29(20)14-18(26-22)15-10-25-28(12-15)19-6-5-7-21(19)30;1-3-16(4-2)26-12-15(10-24-26)21-20-5-6-22-28(20)13-19(25-21)14-9-23-27(11-14)17-7-18(29)8-17/h5-6,11-15,17,20-21,25,33H,3-4,7-10,16H2,1-2H3;2*8-14,17,19,21,30H,3-7H2,1-2H3;5-6,9-13,16-18,29H,3-4,7-8H2,1-2H3/t;2*19-,21-;/m.10./s1. The fraction of sp³-hybridized carbons (Fsp3) is 0.461. The third kappa shape index (κ3) is 17.2. The van der Waals surface area contributed by atoms with E-state index in [4.69, 9.17) is 25.0 Å². The molecule has 33 heteroatoms. The van der Waals surface area contributed by atoms with E-state index >= 15 is 0 Å². The highest BCUT2D eigenvalue weighted by Crippen LogP contribution is 2.39. The SMILES string of the molecule is CCC(CC)n1cc(-c2nc(-c3cnn(C4CC(O)C4)c3)cn3nccc23)cn1.CCC(CC)n1cc(-c2nc(-c3cnn(CCNC4CC(CO)C4)c3)cn3nccc23)cn1.CCC(CC)n1cc(-c2nc(-c3cnn([C@@H]4CCC[C@H]4O)c3)cn3nccc23)cn1.CCC(CC)n1cc(-c2nc(-c3cnn([C@H]4CCC[C@@H]4O)c3)cn3nccc23)cn1. The van der Waals surface area contributed by atoms with Gasteiger partial charge in [-0.3, -0.25) is 37.5 Å². The van der Waals surface area contributed by atoms with Crippen molar-refractivity contribution in [1.29, 1.82) is 0 Å². The Morgan fingerprint density at radius 2 is 0.672 bits per heavy atom. The van der Waals surface area contributed by atoms with E-state index in [9.17, 15) is 15.3 Å². The predicted octanol–water partition coefficient (Wildman–Crippen LogP) is 14.5. The van der Waals surface area contributed by atoms with E-state index in [2.05, 4.69) is 147 Å². The molecule has 0 amide bonds. The molecule has 0 aromatic carbocycles. The van der Waals surface area contributed by atoms with E-state index < -0.39 is 0 Å². The lowest BCUT2D eigenvalue weighted by Gasteiger charge is -2.34. The van der Waals surface area contributed by atoms with E-state index in [1.54, 1.807) is 24.8 Å². The summed E-state index contributed by atoms with van der Waals surface area (Å²) in [5.41, 5.74) is 18.2. The molecule has 122 heavy (non-hydrogen) atoms. The van der Waals surface area contributed by atoms with Gasteiger partial charge in [-0.2, -0.15) is 61.2 Å². The highest BCUT2D eigenvalue weighted by atomic mass is 16.3. The summed E-state index contributed by atoms with van der Waals surface area (Å²) in [6.45, 7) is 19.4. The largest absolute Gasteiger partial charge is 0.396 e. The second-order valence-electron chi connectivity index (χ2n) is 33.0. The number of nitrogens with zero attached hydrogens (tertiary/aromatic N) is 28. The number of aliphatic hydroxyl groups is 4. The van der Waals surface area contributed by atoms with Gasteiger partial charge in [-0.25, -0.2) is 38.0 Å². The van der Waals surface area contributed by atoms with E-state index in [0.29, 0.717) is 42.7 Å². The van der Waals surface area contributed by atoms with Gasteiger partial charge in [-0.05, 0) is 146 Å². The quantitative estimate of drug-likeness (QED) is 0.0304. The van der Waals surface area contributed by atoms with Gasteiger partial charge in [-0.1, -0.05) is 55.4 Å². The van der Waals surface area contributed by atoms with Crippen LogP contribution in [0.3, 0.4) is 0 Å². The topological polar surface area (TPSA) is 356 Å². The second-order valence-corrected chi connectivity index (χ2v) is 33.0. The van der Waals surface area contributed by atoms with Crippen LogP contribution in [0.1, 0.15) is 213 Å². The van der Waals surface area contributed by atoms with Crippen LogP contribution in [0.4, 0.5) is 0 Å². The maximum absolute atomic E-state index is 10.2. The Kier molecular flexibility index (Phi) is 24.8. The number of aliphatic hydroxyl groups excluding tert-OH is 4. The first-order chi connectivity index (χ1) is 59.7. The van der Waals surface area contributed by atoms with Crippen molar-refractivity contribution in [3.05, 3.63) is 173 Å². The predicted molar refractivity (Wildman–Crippen MR) is 464 cm³/mol. The van der Waals surface area contributed by atoms with Gasteiger partial charge in [-0.15, -0.1) is 0 Å². The number of fused-ring (bicyclic) bond motifs is 4. The molecule has 16 aromatic rings. The van der Waals surface area contributed by atoms with Crippen molar-refractivity contribution in [2.45, 2.75) is 244 Å². The van der Waals surface area contributed by atoms with Crippen LogP contribution in [0.2, 0.25) is 0 Å². The van der Waals surface area contributed by atoms with Crippen molar-refractivity contribution in [1.82, 2.24) is 142 Å². The van der Waals surface area contributed by atoms with E-state index in [0.717, 1.165) is 241 Å². The molecule has 5 N–H and O–H groups in total. The Labute approximate surface area is 707 Å². The molecule has 4 aliphatic rings. The fourth-order valence-electron chi connectivity index (χ4n) is 17.7. The Morgan fingerprint density at radius 3 is 0.992 bits per heavy atom. The second kappa shape index (κ2) is 36.7. The molecule has 4 aliphatic carbocycles. The minimum absolute atomic E-state index is 0.0462. The molecule has 0 saturated heterocycles. The maximum atomic E-state index is 10.2. The first kappa shape index (κ1) is 82.3. The average Bonchev–Trinajstić information content (AvgIpc) is 1.58. The van der Waals surface area contributed by atoms with Gasteiger partial charge in [0.25, 0.3) is 0 Å². The van der Waals surface area contributed by atoms with E-state index in [1.165, 1.54) is 0 Å². The molecular weight excluding hydrogens is 1540 g/mol. The third-order valence-corrected chi connectivity index (χ3v) is 25.2. The average molecular weight is 1650 g/mol. The highest BCUT2D eigenvalue weighted by molar-refractivity contribution is 5.81. The van der Waals surface area contributed by atoms with E-state index in [-0.39, 0.29) is 36.4 Å². The molecular formula is C89H111N29O4. The number of nitrogens with one attached hydrogen (secondary N) is 1. The van der Waals surface area contributed by atoms with Gasteiger partial charge in [0.2, 0.25) is 0 Å². The minimum Gasteiger partial charge on any atom is -0.396 e. The van der Waals surface area contributed by atoms with Crippen molar-refractivity contribution in [2.24, 2.45) is 5.92 Å². The molecule has 4 fully saturated rings. The summed E-state index contributed by atoms with van der Waals surface area (Å²) in [6.07, 6.45) is 62.9. The Morgan fingerprint density at radius 1 is 0.352 bits per heavy atom. The van der Waals surface area contributed by atoms with Crippen LogP contribution in [0.25, 0.3) is 112 Å². The summed E-state index contributed by atoms with van der Waals surface area (Å²) >= 11 is 0. The van der Waals surface area contributed by atoms with E-state index in [1.807, 2.05) is 179 Å². The van der Waals surface area contributed by atoms with Crippen molar-refractivity contribution >= 4 is 22.1 Å². The number of hydrogen-bond acceptors (Lipinski definition) is 21. The first-order valence-electron chi connectivity index (χ1n) is 43.8. The number of hydrogen-bond donors (Lipinski definition) is 5. The first-order valence-corrected chi connectivity index (χ1v) is 43.8. The van der Waals surface area contributed by atoms with Crippen LogP contribution in [-0.2, 0) is 6.54 Å². The van der Waals surface area contributed by atoms with Crippen molar-refractivity contribution < 1.29 is 20.4 Å². The summed E-state index contributed by atoms with van der Waals surface area (Å²) in [6, 6.07) is 10.3. The molecule has 16 heterocycles. The molecule has 636 valence electrons. The molecule has 0 aliphatic heterocycles. The van der Waals surface area contributed by atoms with Crippen LogP contribution in [0, 0.1) is 5.92 Å². The van der Waals surface area contributed by atoms with Gasteiger partial charge in [0.15, 0.2) is 0 Å². The van der Waals surface area contributed by atoms with Crippen LogP contribution in [0.15, 0.2) is 173 Å².